The minimum absolute atomic E-state index is 0.432. The van der Waals surface area contributed by atoms with Gasteiger partial charge in [-0.1, -0.05) is 13.8 Å². The molecule has 1 aromatic carbocycles. The lowest BCUT2D eigenvalue weighted by Gasteiger charge is -2.38. The van der Waals surface area contributed by atoms with E-state index in [-0.39, 0.29) is 0 Å². The highest BCUT2D eigenvalue weighted by Gasteiger charge is 2.22. The first-order chi connectivity index (χ1) is 17.3. The third-order valence-corrected chi connectivity index (χ3v) is 8.65. The molecule has 0 aliphatic carbocycles. The Morgan fingerprint density at radius 2 is 1.56 bits per heavy atom. The fourth-order valence-electron chi connectivity index (χ4n) is 4.50. The van der Waals surface area contributed by atoms with Crippen molar-refractivity contribution in [2.75, 3.05) is 63.8 Å². The smallest absolute Gasteiger partial charge is 0.158 e. The lowest BCUT2D eigenvalue weighted by Crippen LogP contribution is -2.52. The van der Waals surface area contributed by atoms with Crippen molar-refractivity contribution in [3.05, 3.63) is 39.8 Å². The van der Waals surface area contributed by atoms with Gasteiger partial charge in [0.25, 0.3) is 0 Å². The third kappa shape index (κ3) is 7.13. The van der Waals surface area contributed by atoms with Crippen molar-refractivity contribution >= 4 is 27.7 Å². The van der Waals surface area contributed by atoms with E-state index in [9.17, 15) is 10.5 Å². The average molecular weight is 509 g/mol. The van der Waals surface area contributed by atoms with E-state index in [2.05, 4.69) is 85.8 Å². The fraction of sp³-hybridized carbons (Fsp3) is 0.571. The quantitative estimate of drug-likeness (QED) is 0.214. The van der Waals surface area contributed by atoms with Gasteiger partial charge in [0.15, 0.2) is 5.00 Å². The number of rotatable bonds is 14. The summed E-state index contributed by atoms with van der Waals surface area (Å²) in [5.74, 6) is 0. The van der Waals surface area contributed by atoms with Crippen LogP contribution in [0.3, 0.4) is 0 Å². The number of hydrogen-bond acceptors (Lipinski definition) is 7. The van der Waals surface area contributed by atoms with Crippen molar-refractivity contribution in [1.82, 2.24) is 4.90 Å². The second kappa shape index (κ2) is 14.1. The Balaban J connectivity index is 2.31. The number of aryl methyl sites for hydroxylation is 1. The Labute approximate surface area is 221 Å². The molecule has 0 aliphatic rings. The van der Waals surface area contributed by atoms with Crippen molar-refractivity contribution in [3.63, 3.8) is 0 Å². The summed E-state index contributed by atoms with van der Waals surface area (Å²) in [4.78, 5) is 5.49. The SMILES string of the molecule is CCN(CC)CCN(CC[N+](CC)(CC)CC)c1ccc(N=Nc2sc(C#N)c(C)c2C#N)c(C)c1. The molecule has 0 fully saturated rings. The molecular formula is C28H42N7S+. The maximum absolute atomic E-state index is 9.48. The highest BCUT2D eigenvalue weighted by Crippen LogP contribution is 2.36. The number of azo groups is 1. The van der Waals surface area contributed by atoms with Crippen LogP contribution >= 0.6 is 11.3 Å². The zero-order valence-electron chi connectivity index (χ0n) is 23.1. The summed E-state index contributed by atoms with van der Waals surface area (Å²) in [7, 11) is 0. The van der Waals surface area contributed by atoms with Gasteiger partial charge in [-0.15, -0.1) is 21.6 Å². The Bertz CT molecular complexity index is 1090. The summed E-state index contributed by atoms with van der Waals surface area (Å²) in [5, 5.41) is 28.0. The van der Waals surface area contributed by atoms with Crippen LogP contribution in [-0.4, -0.2) is 68.3 Å². The van der Waals surface area contributed by atoms with Gasteiger partial charge in [0.1, 0.15) is 17.0 Å². The minimum atomic E-state index is 0.432. The lowest BCUT2D eigenvalue weighted by atomic mass is 10.1. The van der Waals surface area contributed by atoms with Gasteiger partial charge in [0.05, 0.1) is 44.0 Å². The van der Waals surface area contributed by atoms with Crippen LogP contribution in [0.1, 0.15) is 56.2 Å². The van der Waals surface area contributed by atoms with Crippen LogP contribution in [0.5, 0.6) is 0 Å². The highest BCUT2D eigenvalue weighted by molar-refractivity contribution is 7.16. The Morgan fingerprint density at radius 1 is 0.889 bits per heavy atom. The first kappa shape index (κ1) is 29.5. The summed E-state index contributed by atoms with van der Waals surface area (Å²) < 4.78 is 1.12. The molecular weight excluding hydrogens is 466 g/mol. The molecule has 0 aliphatic heterocycles. The lowest BCUT2D eigenvalue weighted by molar-refractivity contribution is -0.921. The molecule has 0 amide bonds. The summed E-state index contributed by atoms with van der Waals surface area (Å²) in [5.41, 5.74) is 4.13. The molecule has 1 aromatic heterocycles. The van der Waals surface area contributed by atoms with E-state index in [0.29, 0.717) is 21.0 Å². The molecule has 194 valence electrons. The molecule has 0 atom stereocenters. The zero-order valence-corrected chi connectivity index (χ0v) is 24.0. The molecule has 7 nitrogen and oxygen atoms in total. The molecule has 0 bridgehead atoms. The number of anilines is 1. The number of nitriles is 2. The second-order valence-corrected chi connectivity index (χ2v) is 10.2. The molecule has 0 spiro atoms. The number of likely N-dealkylation sites (N-methyl/N-ethyl adjacent to an activating group) is 2. The summed E-state index contributed by atoms with van der Waals surface area (Å²) in [6.07, 6.45) is 0. The van der Waals surface area contributed by atoms with E-state index in [4.69, 9.17) is 0 Å². The number of quaternary nitrogens is 1. The normalized spacial score (nSPS) is 11.7. The average Bonchev–Trinajstić information content (AvgIpc) is 3.22. The van der Waals surface area contributed by atoms with Gasteiger partial charge in [-0.05, 0) is 77.0 Å². The molecule has 8 heteroatoms. The van der Waals surface area contributed by atoms with Crippen molar-refractivity contribution in [2.24, 2.45) is 10.2 Å². The van der Waals surface area contributed by atoms with E-state index in [1.165, 1.54) is 17.0 Å². The summed E-state index contributed by atoms with van der Waals surface area (Å²) in [6.45, 7) is 24.9. The van der Waals surface area contributed by atoms with Crippen molar-refractivity contribution in [2.45, 2.75) is 48.5 Å². The van der Waals surface area contributed by atoms with Gasteiger partial charge in [0, 0.05) is 18.8 Å². The van der Waals surface area contributed by atoms with Gasteiger partial charge in [-0.25, -0.2) is 0 Å². The van der Waals surface area contributed by atoms with Gasteiger partial charge < -0.3 is 14.3 Å². The fourth-order valence-corrected chi connectivity index (χ4v) is 5.38. The zero-order chi connectivity index (χ0) is 26.7. The minimum Gasteiger partial charge on any atom is -0.365 e. The van der Waals surface area contributed by atoms with Gasteiger partial charge >= 0.3 is 0 Å². The predicted molar refractivity (Wildman–Crippen MR) is 151 cm³/mol. The van der Waals surface area contributed by atoms with E-state index in [1.54, 1.807) is 6.92 Å². The van der Waals surface area contributed by atoms with E-state index >= 15 is 0 Å². The maximum atomic E-state index is 9.48. The van der Waals surface area contributed by atoms with E-state index < -0.39 is 0 Å². The molecule has 36 heavy (non-hydrogen) atoms. The number of thiophene rings is 1. The molecule has 0 saturated carbocycles. The monoisotopic (exact) mass is 508 g/mol. The maximum Gasteiger partial charge on any atom is 0.158 e. The van der Waals surface area contributed by atoms with Crippen molar-refractivity contribution < 1.29 is 4.48 Å². The second-order valence-electron chi connectivity index (χ2n) is 9.16. The van der Waals surface area contributed by atoms with Crippen LogP contribution in [0.2, 0.25) is 0 Å². The molecule has 2 rings (SSSR count). The molecule has 1 heterocycles. The van der Waals surface area contributed by atoms with Crippen LogP contribution in [-0.2, 0) is 0 Å². The summed E-state index contributed by atoms with van der Waals surface area (Å²) in [6, 6.07) is 10.6. The van der Waals surface area contributed by atoms with Crippen LogP contribution in [0.15, 0.2) is 28.4 Å². The number of hydrogen-bond donors (Lipinski definition) is 0. The first-order valence-electron chi connectivity index (χ1n) is 13.1. The number of benzene rings is 1. The molecule has 0 radical (unpaired) electrons. The Morgan fingerprint density at radius 3 is 2.08 bits per heavy atom. The molecule has 0 saturated heterocycles. The largest absolute Gasteiger partial charge is 0.365 e. The van der Waals surface area contributed by atoms with Crippen LogP contribution in [0.4, 0.5) is 16.4 Å². The van der Waals surface area contributed by atoms with Crippen LogP contribution < -0.4 is 4.90 Å². The highest BCUT2D eigenvalue weighted by atomic mass is 32.1. The van der Waals surface area contributed by atoms with Gasteiger partial charge in [-0.3, -0.25) is 0 Å². The van der Waals surface area contributed by atoms with Crippen LogP contribution in [0, 0.1) is 36.5 Å². The van der Waals surface area contributed by atoms with Gasteiger partial charge in [0.2, 0.25) is 0 Å². The Hall–Kier alpha value is -2.78. The molecule has 2 aromatic rings. The number of nitrogens with zero attached hydrogens (tertiary/aromatic N) is 7. The van der Waals surface area contributed by atoms with E-state index in [1.807, 2.05) is 6.07 Å². The standard InChI is InChI=1S/C28H42N7S/c1-8-33(9-2)15-16-34(17-18-35(10-3,11-4)12-5)24-13-14-26(22(6)19-24)31-32-28-25(20-29)23(7)27(21-30)36-28/h13-14,19H,8-12,15-18H2,1-7H3/q+1. The predicted octanol–water partition coefficient (Wildman–Crippen LogP) is 6.55. The first-order valence-corrected chi connectivity index (χ1v) is 13.9. The van der Waals surface area contributed by atoms with Crippen molar-refractivity contribution in [3.8, 4) is 12.1 Å². The third-order valence-electron chi connectivity index (χ3n) is 7.57. The van der Waals surface area contributed by atoms with E-state index in [0.717, 1.165) is 74.6 Å². The summed E-state index contributed by atoms with van der Waals surface area (Å²) >= 11 is 1.21. The molecule has 0 N–H and O–H groups in total. The van der Waals surface area contributed by atoms with Gasteiger partial charge in [-0.2, -0.15) is 10.5 Å². The van der Waals surface area contributed by atoms with Crippen LogP contribution in [0.25, 0.3) is 0 Å². The topological polar surface area (TPSA) is 78.8 Å². The molecule has 0 unspecified atom stereocenters. The Kier molecular flexibility index (Phi) is 11.5. The van der Waals surface area contributed by atoms with Crippen molar-refractivity contribution in [1.29, 1.82) is 10.5 Å².